The molecule has 3 aromatic carbocycles. The Bertz CT molecular complexity index is 695. The second kappa shape index (κ2) is 6.71. The molecule has 0 N–H and O–H groups in total. The minimum absolute atomic E-state index is 1.21. The topological polar surface area (TPSA) is 0 Å². The molecule has 0 heterocycles. The van der Waals surface area contributed by atoms with Crippen molar-refractivity contribution in [2.24, 2.45) is 0 Å². The van der Waals surface area contributed by atoms with Gasteiger partial charge in [-0.05, 0) is 22.3 Å². The van der Waals surface area contributed by atoms with Gasteiger partial charge >= 0.3 is 0 Å². The molecule has 0 aliphatic carbocycles. The van der Waals surface area contributed by atoms with Gasteiger partial charge in [-0.3, -0.25) is 0 Å². The summed E-state index contributed by atoms with van der Waals surface area (Å²) in [6.45, 7) is 0. The first kappa shape index (κ1) is 13.4. The van der Waals surface area contributed by atoms with Gasteiger partial charge in [-0.2, -0.15) is 0 Å². The van der Waals surface area contributed by atoms with Gasteiger partial charge in [0.25, 0.3) is 0 Å². The summed E-state index contributed by atoms with van der Waals surface area (Å²) in [4.78, 5) is 0. The van der Waals surface area contributed by atoms with Crippen molar-refractivity contribution in [3.05, 3.63) is 114 Å². The van der Waals surface area contributed by atoms with E-state index < -0.39 is 0 Å². The van der Waals surface area contributed by atoms with Crippen LogP contribution in [-0.4, -0.2) is 0 Å². The molecule has 0 fully saturated rings. The van der Waals surface area contributed by atoms with Gasteiger partial charge < -0.3 is 0 Å². The molecular formula is C21H17. The van der Waals surface area contributed by atoms with Crippen molar-refractivity contribution in [2.75, 3.05) is 0 Å². The SMILES string of the molecule is [CH](/C(=C/c1ccccc1)c1ccccc1)c1ccccc1. The van der Waals surface area contributed by atoms with E-state index >= 15 is 0 Å². The van der Waals surface area contributed by atoms with E-state index in [9.17, 15) is 0 Å². The summed E-state index contributed by atoms with van der Waals surface area (Å²) in [5.41, 5.74) is 4.87. The third kappa shape index (κ3) is 3.70. The molecule has 21 heavy (non-hydrogen) atoms. The smallest absolute Gasteiger partial charge is 0.0205 e. The van der Waals surface area contributed by atoms with Crippen molar-refractivity contribution < 1.29 is 0 Å². The van der Waals surface area contributed by atoms with Crippen LogP contribution in [0.5, 0.6) is 0 Å². The fraction of sp³-hybridized carbons (Fsp3) is 0. The number of allylic oxidation sites excluding steroid dienone is 1. The van der Waals surface area contributed by atoms with E-state index in [1.165, 1.54) is 22.3 Å². The molecule has 0 aliphatic rings. The third-order valence-corrected chi connectivity index (χ3v) is 3.35. The molecule has 0 unspecified atom stereocenters. The Morgan fingerprint density at radius 2 is 1.00 bits per heavy atom. The third-order valence-electron chi connectivity index (χ3n) is 3.35. The molecule has 0 spiro atoms. The van der Waals surface area contributed by atoms with Crippen molar-refractivity contribution in [1.82, 2.24) is 0 Å². The Kier molecular flexibility index (Phi) is 4.28. The second-order valence-electron chi connectivity index (χ2n) is 4.93. The summed E-state index contributed by atoms with van der Waals surface area (Å²) in [5.74, 6) is 0. The zero-order chi connectivity index (χ0) is 14.3. The molecule has 0 saturated carbocycles. The van der Waals surface area contributed by atoms with Crippen LogP contribution < -0.4 is 0 Å². The lowest BCUT2D eigenvalue weighted by Crippen LogP contribution is -1.88. The van der Waals surface area contributed by atoms with E-state index in [4.69, 9.17) is 0 Å². The lowest BCUT2D eigenvalue weighted by Gasteiger charge is -2.08. The summed E-state index contributed by atoms with van der Waals surface area (Å²) in [5, 5.41) is 0. The highest BCUT2D eigenvalue weighted by atomic mass is 14.1. The van der Waals surface area contributed by atoms with Crippen LogP contribution in [0.1, 0.15) is 16.7 Å². The van der Waals surface area contributed by atoms with Crippen LogP contribution in [0.3, 0.4) is 0 Å². The van der Waals surface area contributed by atoms with E-state index in [0.29, 0.717) is 0 Å². The van der Waals surface area contributed by atoms with Crippen LogP contribution >= 0.6 is 0 Å². The van der Waals surface area contributed by atoms with Gasteiger partial charge in [0, 0.05) is 6.42 Å². The van der Waals surface area contributed by atoms with Gasteiger partial charge in [-0.25, -0.2) is 0 Å². The van der Waals surface area contributed by atoms with Crippen molar-refractivity contribution in [2.45, 2.75) is 0 Å². The van der Waals surface area contributed by atoms with E-state index in [2.05, 4.69) is 85.3 Å². The molecule has 1 radical (unpaired) electrons. The van der Waals surface area contributed by atoms with Gasteiger partial charge in [0.15, 0.2) is 0 Å². The van der Waals surface area contributed by atoms with Gasteiger partial charge in [-0.1, -0.05) is 97.1 Å². The maximum atomic E-state index is 2.22. The summed E-state index contributed by atoms with van der Waals surface area (Å²) >= 11 is 0. The number of hydrogen-bond donors (Lipinski definition) is 0. The Balaban J connectivity index is 1.97. The number of hydrogen-bond acceptors (Lipinski definition) is 0. The van der Waals surface area contributed by atoms with Crippen LogP contribution in [0.2, 0.25) is 0 Å². The molecule has 3 rings (SSSR count). The molecular weight excluding hydrogens is 252 g/mol. The summed E-state index contributed by atoms with van der Waals surface area (Å²) < 4.78 is 0. The molecule has 0 saturated heterocycles. The first-order valence-electron chi connectivity index (χ1n) is 7.14. The summed E-state index contributed by atoms with van der Waals surface area (Å²) in [6, 6.07) is 31.4. The zero-order valence-electron chi connectivity index (χ0n) is 11.8. The van der Waals surface area contributed by atoms with E-state index in [0.717, 1.165) is 0 Å². The predicted molar refractivity (Wildman–Crippen MR) is 90.6 cm³/mol. The van der Waals surface area contributed by atoms with Crippen molar-refractivity contribution in [3.63, 3.8) is 0 Å². The summed E-state index contributed by atoms with van der Waals surface area (Å²) in [7, 11) is 0. The van der Waals surface area contributed by atoms with Crippen LogP contribution in [0, 0.1) is 6.42 Å². The molecule has 101 valence electrons. The van der Waals surface area contributed by atoms with Gasteiger partial charge in [-0.15, -0.1) is 0 Å². The molecule has 0 atom stereocenters. The van der Waals surface area contributed by atoms with Gasteiger partial charge in [0.05, 0.1) is 0 Å². The van der Waals surface area contributed by atoms with E-state index in [1.54, 1.807) is 0 Å². The monoisotopic (exact) mass is 269 g/mol. The Morgan fingerprint density at radius 1 is 0.524 bits per heavy atom. The van der Waals surface area contributed by atoms with Crippen molar-refractivity contribution >= 4 is 11.6 Å². The normalized spacial score (nSPS) is 11.3. The minimum Gasteiger partial charge on any atom is -0.0622 e. The average Bonchev–Trinajstić information content (AvgIpc) is 2.57. The second-order valence-corrected chi connectivity index (χ2v) is 4.93. The maximum Gasteiger partial charge on any atom is 0.0205 e. The zero-order valence-corrected chi connectivity index (χ0v) is 11.8. The minimum atomic E-state index is 1.21. The highest BCUT2D eigenvalue weighted by Crippen LogP contribution is 2.24. The van der Waals surface area contributed by atoms with Crippen molar-refractivity contribution in [3.8, 4) is 0 Å². The highest BCUT2D eigenvalue weighted by molar-refractivity contribution is 5.87. The van der Waals surface area contributed by atoms with Crippen LogP contribution in [0.4, 0.5) is 0 Å². The molecule has 0 bridgehead atoms. The molecule has 0 aliphatic heterocycles. The molecule has 0 nitrogen and oxygen atoms in total. The summed E-state index contributed by atoms with van der Waals surface area (Å²) in [6.07, 6.45) is 4.45. The number of benzene rings is 3. The maximum absolute atomic E-state index is 2.22. The van der Waals surface area contributed by atoms with E-state index in [1.807, 2.05) is 18.2 Å². The van der Waals surface area contributed by atoms with Crippen molar-refractivity contribution in [1.29, 1.82) is 0 Å². The fourth-order valence-corrected chi connectivity index (χ4v) is 2.30. The molecule has 0 heteroatoms. The highest BCUT2D eigenvalue weighted by Gasteiger charge is 2.03. The Morgan fingerprint density at radius 3 is 1.57 bits per heavy atom. The Hall–Kier alpha value is -2.60. The lowest BCUT2D eigenvalue weighted by atomic mass is 9.96. The van der Waals surface area contributed by atoms with Gasteiger partial charge in [0.1, 0.15) is 0 Å². The van der Waals surface area contributed by atoms with Gasteiger partial charge in [0.2, 0.25) is 0 Å². The lowest BCUT2D eigenvalue weighted by molar-refractivity contribution is 1.50. The van der Waals surface area contributed by atoms with E-state index in [-0.39, 0.29) is 0 Å². The number of rotatable bonds is 4. The average molecular weight is 269 g/mol. The Labute approximate surface area is 126 Å². The quantitative estimate of drug-likeness (QED) is 0.550. The predicted octanol–water partition coefficient (Wildman–Crippen LogP) is 5.48. The standard InChI is InChI=1S/C21H17/c1-4-10-18(11-5-1)16-21(20-14-8-3-9-15-20)17-19-12-6-2-7-13-19/h1-17H/b21-16-. The largest absolute Gasteiger partial charge is 0.0622 e. The first-order chi connectivity index (χ1) is 10.4. The molecule has 3 aromatic rings. The fourth-order valence-electron chi connectivity index (χ4n) is 2.30. The van der Waals surface area contributed by atoms with Crippen LogP contribution in [0.15, 0.2) is 91.0 Å². The first-order valence-corrected chi connectivity index (χ1v) is 7.14. The molecule has 0 amide bonds. The van der Waals surface area contributed by atoms with Crippen LogP contribution in [-0.2, 0) is 0 Å². The van der Waals surface area contributed by atoms with Crippen LogP contribution in [0.25, 0.3) is 11.6 Å². The molecule has 0 aromatic heterocycles.